The normalized spacial score (nSPS) is 11.5. The Morgan fingerprint density at radius 3 is 2.17 bits per heavy atom. The molecule has 5 heteroatoms. The first-order chi connectivity index (χ1) is 5.47. The zero-order valence-corrected chi connectivity index (χ0v) is 7.81. The molecule has 0 fully saturated rings. The Bertz CT molecular complexity index is 353. The van der Waals surface area contributed by atoms with E-state index in [1.165, 1.54) is 0 Å². The summed E-state index contributed by atoms with van der Waals surface area (Å²) in [6.07, 6.45) is 0. The van der Waals surface area contributed by atoms with E-state index in [1.54, 1.807) is 24.3 Å². The molecule has 0 saturated carbocycles. The fourth-order valence-corrected chi connectivity index (χ4v) is 1.55. The van der Waals surface area contributed by atoms with Crippen molar-refractivity contribution < 1.29 is 13.0 Å². The Morgan fingerprint density at radius 1 is 1.25 bits per heavy atom. The molecule has 1 aromatic rings. The van der Waals surface area contributed by atoms with Gasteiger partial charge < -0.3 is 4.55 Å². The lowest BCUT2D eigenvalue weighted by Crippen LogP contribution is -2.01. The highest BCUT2D eigenvalue weighted by Crippen LogP contribution is 2.09. The van der Waals surface area contributed by atoms with E-state index in [1.807, 2.05) is 0 Å². The molecule has 0 heterocycles. The highest BCUT2D eigenvalue weighted by atomic mass is 32.2. The molecule has 1 aromatic carbocycles. The van der Waals surface area contributed by atoms with E-state index in [4.69, 9.17) is 0 Å². The van der Waals surface area contributed by atoms with Crippen LogP contribution in [0.1, 0.15) is 5.56 Å². The van der Waals surface area contributed by atoms with Crippen LogP contribution < -0.4 is 0 Å². The summed E-state index contributed by atoms with van der Waals surface area (Å²) in [5.74, 6) is -0.457. The minimum Gasteiger partial charge on any atom is -0.748 e. The van der Waals surface area contributed by atoms with Crippen molar-refractivity contribution in [2.24, 2.45) is 0 Å². The summed E-state index contributed by atoms with van der Waals surface area (Å²) in [4.78, 5) is 0.738. The number of thiol groups is 1. The van der Waals surface area contributed by atoms with E-state index >= 15 is 0 Å². The Hall–Kier alpha value is -0.520. The molecule has 0 saturated heterocycles. The number of rotatable bonds is 2. The lowest BCUT2D eigenvalue weighted by molar-refractivity contribution is 0.462. The van der Waals surface area contributed by atoms with Crippen LogP contribution >= 0.6 is 12.6 Å². The van der Waals surface area contributed by atoms with E-state index < -0.39 is 15.9 Å². The fraction of sp³-hybridized carbons (Fsp3) is 0.143. The van der Waals surface area contributed by atoms with Crippen molar-refractivity contribution in [2.45, 2.75) is 10.6 Å². The second-order valence-corrected chi connectivity index (χ2v) is 4.29. The van der Waals surface area contributed by atoms with Crippen LogP contribution in [0.4, 0.5) is 0 Å². The van der Waals surface area contributed by atoms with Crippen LogP contribution in [0, 0.1) is 0 Å². The van der Waals surface area contributed by atoms with Gasteiger partial charge in [-0.2, -0.15) is 0 Å². The van der Waals surface area contributed by atoms with Gasteiger partial charge in [0.05, 0.1) is 15.9 Å². The molecule has 3 nitrogen and oxygen atoms in total. The van der Waals surface area contributed by atoms with Crippen LogP contribution in [-0.2, 0) is 15.9 Å². The molecular formula is C7H7O3S2-. The van der Waals surface area contributed by atoms with Crippen molar-refractivity contribution >= 4 is 22.7 Å². The third-order valence-electron chi connectivity index (χ3n) is 1.28. The van der Waals surface area contributed by atoms with Crippen LogP contribution in [0.3, 0.4) is 0 Å². The van der Waals surface area contributed by atoms with Gasteiger partial charge in [0.1, 0.15) is 0 Å². The van der Waals surface area contributed by atoms with Gasteiger partial charge in [-0.3, -0.25) is 0 Å². The highest BCUT2D eigenvalue weighted by Gasteiger charge is 1.97. The van der Waals surface area contributed by atoms with Gasteiger partial charge in [-0.25, -0.2) is 8.42 Å². The number of hydrogen-bond donors (Lipinski definition) is 1. The topological polar surface area (TPSA) is 57.2 Å². The summed E-state index contributed by atoms with van der Waals surface area (Å²) in [6.45, 7) is 0. The molecule has 0 aliphatic rings. The van der Waals surface area contributed by atoms with Gasteiger partial charge in [-0.15, -0.1) is 12.6 Å². The summed E-state index contributed by atoms with van der Waals surface area (Å²) in [5, 5.41) is 0. The van der Waals surface area contributed by atoms with Crippen LogP contribution in [0.5, 0.6) is 0 Å². The Labute approximate surface area is 76.6 Å². The van der Waals surface area contributed by atoms with Gasteiger partial charge in [0.25, 0.3) is 0 Å². The van der Waals surface area contributed by atoms with Gasteiger partial charge in [0.2, 0.25) is 0 Å². The second-order valence-electron chi connectivity index (χ2n) is 2.37. The molecule has 0 N–H and O–H groups in total. The van der Waals surface area contributed by atoms with Crippen molar-refractivity contribution in [1.29, 1.82) is 0 Å². The van der Waals surface area contributed by atoms with E-state index in [9.17, 15) is 13.0 Å². The average molecular weight is 203 g/mol. The predicted molar refractivity (Wildman–Crippen MR) is 47.1 cm³/mol. The fourth-order valence-electron chi connectivity index (χ4n) is 0.796. The summed E-state index contributed by atoms with van der Waals surface area (Å²) in [6, 6.07) is 6.42. The molecule has 0 amide bonds. The molecule has 0 bridgehead atoms. The van der Waals surface area contributed by atoms with E-state index in [2.05, 4.69) is 12.6 Å². The van der Waals surface area contributed by atoms with E-state index in [0.29, 0.717) is 5.56 Å². The molecule has 0 aliphatic heterocycles. The maximum absolute atomic E-state index is 10.3. The van der Waals surface area contributed by atoms with Gasteiger partial charge in [-0.05, 0) is 17.7 Å². The molecule has 0 spiro atoms. The summed E-state index contributed by atoms with van der Waals surface area (Å²) in [7, 11) is -4.16. The van der Waals surface area contributed by atoms with Gasteiger partial charge in [0.15, 0.2) is 0 Å². The summed E-state index contributed by atoms with van der Waals surface area (Å²) >= 11 is 4.02. The molecule has 0 aromatic heterocycles. The quantitative estimate of drug-likeness (QED) is 0.576. The monoisotopic (exact) mass is 203 g/mol. The van der Waals surface area contributed by atoms with E-state index in [0.717, 1.165) is 4.90 Å². The molecule has 0 atom stereocenters. The molecule has 0 unspecified atom stereocenters. The standard InChI is InChI=1S/C7H8O3S2/c8-12(9,10)5-6-1-3-7(11)4-2-6/h1-4,11H,5H2,(H,8,9,10)/p-1. The van der Waals surface area contributed by atoms with Crippen LogP contribution in [0.15, 0.2) is 29.2 Å². The van der Waals surface area contributed by atoms with Gasteiger partial charge in [0, 0.05) is 4.90 Å². The maximum atomic E-state index is 10.3. The summed E-state index contributed by atoms with van der Waals surface area (Å²) < 4.78 is 30.9. The average Bonchev–Trinajstić information content (AvgIpc) is 1.91. The van der Waals surface area contributed by atoms with Gasteiger partial charge in [-0.1, -0.05) is 12.1 Å². The maximum Gasteiger partial charge on any atom is 0.0988 e. The van der Waals surface area contributed by atoms with E-state index in [-0.39, 0.29) is 0 Å². The molecule has 66 valence electrons. The highest BCUT2D eigenvalue weighted by molar-refractivity contribution is 7.84. The smallest absolute Gasteiger partial charge is 0.0988 e. The SMILES string of the molecule is O=S(=O)([O-])Cc1ccc(S)cc1. The predicted octanol–water partition coefficient (Wildman–Crippen LogP) is 1.02. The van der Waals surface area contributed by atoms with Crippen LogP contribution in [0.25, 0.3) is 0 Å². The first-order valence-electron chi connectivity index (χ1n) is 3.19. The van der Waals surface area contributed by atoms with Crippen molar-refractivity contribution in [2.75, 3.05) is 0 Å². The molecule has 12 heavy (non-hydrogen) atoms. The first-order valence-corrected chi connectivity index (χ1v) is 5.21. The van der Waals surface area contributed by atoms with Crippen molar-refractivity contribution in [3.05, 3.63) is 29.8 Å². The van der Waals surface area contributed by atoms with Crippen LogP contribution in [-0.4, -0.2) is 13.0 Å². The number of benzene rings is 1. The van der Waals surface area contributed by atoms with Crippen LogP contribution in [0.2, 0.25) is 0 Å². The minimum absolute atomic E-state index is 0.457. The zero-order chi connectivity index (χ0) is 9.19. The lowest BCUT2D eigenvalue weighted by atomic mass is 10.2. The molecular weight excluding hydrogens is 196 g/mol. The molecule has 1 rings (SSSR count). The Morgan fingerprint density at radius 2 is 1.75 bits per heavy atom. The third-order valence-corrected chi connectivity index (χ3v) is 2.26. The summed E-state index contributed by atoms with van der Waals surface area (Å²) in [5.41, 5.74) is 0.489. The number of hydrogen-bond acceptors (Lipinski definition) is 4. The van der Waals surface area contributed by atoms with Crippen molar-refractivity contribution in [3.63, 3.8) is 0 Å². The first kappa shape index (κ1) is 9.57. The van der Waals surface area contributed by atoms with Crippen molar-refractivity contribution in [3.8, 4) is 0 Å². The second kappa shape index (κ2) is 3.47. The zero-order valence-electron chi connectivity index (χ0n) is 6.10. The van der Waals surface area contributed by atoms with Crippen molar-refractivity contribution in [1.82, 2.24) is 0 Å². The minimum atomic E-state index is -4.16. The third kappa shape index (κ3) is 3.25. The Balaban J connectivity index is 2.85. The largest absolute Gasteiger partial charge is 0.748 e. The molecule has 0 aliphatic carbocycles. The Kier molecular flexibility index (Phi) is 2.76. The van der Waals surface area contributed by atoms with Gasteiger partial charge >= 0.3 is 0 Å². The lowest BCUT2D eigenvalue weighted by Gasteiger charge is -2.05. The molecule has 0 radical (unpaired) electrons.